The molecule has 3 amide bonds. The van der Waals surface area contributed by atoms with E-state index >= 15 is 0 Å². The third-order valence-corrected chi connectivity index (χ3v) is 14.0. The van der Waals surface area contributed by atoms with E-state index in [0.29, 0.717) is 25.6 Å². The number of morpholine rings is 1. The molecule has 3 saturated heterocycles. The van der Waals surface area contributed by atoms with E-state index in [0.717, 1.165) is 43.9 Å². The zero-order valence-corrected chi connectivity index (χ0v) is 25.7. The van der Waals surface area contributed by atoms with Gasteiger partial charge in [0.25, 0.3) is 0 Å². The Kier molecular flexibility index (Phi) is 8.08. The first-order valence-electron chi connectivity index (χ1n) is 14.3. The van der Waals surface area contributed by atoms with Crippen molar-refractivity contribution in [3.63, 3.8) is 0 Å². The quantitative estimate of drug-likeness (QED) is 0.498. The fourth-order valence-electron chi connectivity index (χ4n) is 5.88. The highest BCUT2D eigenvalue weighted by molar-refractivity contribution is 6.74. The van der Waals surface area contributed by atoms with Crippen LogP contribution in [-0.2, 0) is 20.5 Å². The number of likely N-dealkylation sites (tertiary alicyclic amines) is 2. The Morgan fingerprint density at radius 3 is 2.59 bits per heavy atom. The van der Waals surface area contributed by atoms with Gasteiger partial charge in [0.2, 0.25) is 5.91 Å². The van der Waals surface area contributed by atoms with Crippen LogP contribution in [0.15, 0.2) is 24.4 Å². The molecule has 1 aromatic heterocycles. The number of benzene rings is 1. The summed E-state index contributed by atoms with van der Waals surface area (Å²) in [6.07, 6.45) is 4.88. The number of fused-ring (bicyclic) bond motifs is 2. The lowest BCUT2D eigenvalue weighted by Crippen LogP contribution is -2.62. The summed E-state index contributed by atoms with van der Waals surface area (Å²) in [6, 6.07) is 6.12. The molecule has 4 heterocycles. The molecule has 0 saturated carbocycles. The average Bonchev–Trinajstić information content (AvgIpc) is 3.24. The summed E-state index contributed by atoms with van der Waals surface area (Å²) in [5.74, 6) is 0.270. The van der Waals surface area contributed by atoms with Crippen molar-refractivity contribution in [2.24, 2.45) is 0 Å². The molecule has 8 nitrogen and oxygen atoms in total. The van der Waals surface area contributed by atoms with Crippen molar-refractivity contribution in [2.75, 3.05) is 39.4 Å². The zero-order valence-electron chi connectivity index (χ0n) is 24.0. The van der Waals surface area contributed by atoms with Gasteiger partial charge in [0.1, 0.15) is 6.61 Å². The van der Waals surface area contributed by atoms with E-state index in [1.54, 1.807) is 0 Å². The zero-order chi connectivity index (χ0) is 27.9. The number of halogens is 1. The molecule has 0 bridgehead atoms. The van der Waals surface area contributed by atoms with Crippen LogP contribution in [0.1, 0.15) is 51.5 Å². The smallest absolute Gasteiger partial charge is 0.320 e. The lowest BCUT2D eigenvalue weighted by molar-refractivity contribution is -0.139. The molecule has 0 spiro atoms. The van der Waals surface area contributed by atoms with Gasteiger partial charge in [-0.15, -0.1) is 0 Å². The third kappa shape index (κ3) is 6.01. The maximum absolute atomic E-state index is 13.3. The van der Waals surface area contributed by atoms with Gasteiger partial charge in [0.05, 0.1) is 18.8 Å². The molecular weight excluding hydrogens is 532 g/mol. The second-order valence-corrected chi connectivity index (χ2v) is 18.1. The van der Waals surface area contributed by atoms with E-state index in [4.69, 9.17) is 20.8 Å². The first-order chi connectivity index (χ1) is 18.4. The highest BCUT2D eigenvalue weighted by atomic mass is 35.5. The van der Waals surface area contributed by atoms with Crippen molar-refractivity contribution < 1.29 is 18.8 Å². The van der Waals surface area contributed by atoms with E-state index < -0.39 is 8.32 Å². The van der Waals surface area contributed by atoms with Gasteiger partial charge in [0.15, 0.2) is 8.32 Å². The summed E-state index contributed by atoms with van der Waals surface area (Å²) in [4.78, 5) is 29.0. The third-order valence-electron chi connectivity index (χ3n) is 9.28. The summed E-state index contributed by atoms with van der Waals surface area (Å²) < 4.78 is 14.4. The van der Waals surface area contributed by atoms with E-state index in [1.165, 1.54) is 16.5 Å². The minimum absolute atomic E-state index is 0.00825. The molecule has 0 unspecified atom stereocenters. The van der Waals surface area contributed by atoms with Gasteiger partial charge in [-0.1, -0.05) is 32.4 Å². The van der Waals surface area contributed by atoms with Crippen LogP contribution < -0.4 is 5.32 Å². The number of piperidine rings is 2. The van der Waals surface area contributed by atoms with Gasteiger partial charge < -0.3 is 28.8 Å². The number of nitrogens with zero attached hydrogens (tertiary/aromatic N) is 3. The SMILES string of the molecule is CC(C)(C)[Si](C)(C)OCCn1cc(C2CCN(C(=O)N3CC[C@@H]4OCC(=O)N[C@@H]4C3)CC2)c2cc(Cl)ccc21. The highest BCUT2D eigenvalue weighted by Gasteiger charge is 2.39. The van der Waals surface area contributed by atoms with Gasteiger partial charge in [0, 0.05) is 54.8 Å². The number of amides is 3. The van der Waals surface area contributed by atoms with Gasteiger partial charge >= 0.3 is 6.03 Å². The summed E-state index contributed by atoms with van der Waals surface area (Å²) in [7, 11) is -1.81. The van der Waals surface area contributed by atoms with E-state index in [1.807, 2.05) is 15.9 Å². The Morgan fingerprint density at radius 1 is 1.15 bits per heavy atom. The van der Waals surface area contributed by atoms with Crippen LogP contribution in [-0.4, -0.2) is 86.2 Å². The maximum Gasteiger partial charge on any atom is 0.320 e. The van der Waals surface area contributed by atoms with Crippen LogP contribution in [0.25, 0.3) is 10.9 Å². The fraction of sp³-hybridized carbons (Fsp3) is 0.655. The van der Waals surface area contributed by atoms with E-state index in [-0.39, 0.29) is 35.7 Å². The van der Waals surface area contributed by atoms with Crippen LogP contribution in [0.5, 0.6) is 0 Å². The molecule has 214 valence electrons. The molecule has 2 atom stereocenters. The molecule has 0 aliphatic carbocycles. The van der Waals surface area contributed by atoms with Crippen LogP contribution >= 0.6 is 11.6 Å². The first-order valence-corrected chi connectivity index (χ1v) is 17.6. The van der Waals surface area contributed by atoms with Crippen molar-refractivity contribution in [1.82, 2.24) is 19.7 Å². The molecule has 5 rings (SSSR count). The number of aromatic nitrogens is 1. The molecule has 0 radical (unpaired) electrons. The van der Waals surface area contributed by atoms with E-state index in [9.17, 15) is 9.59 Å². The van der Waals surface area contributed by atoms with Crippen LogP contribution in [0, 0.1) is 0 Å². The molecule has 39 heavy (non-hydrogen) atoms. The van der Waals surface area contributed by atoms with Crippen molar-refractivity contribution in [3.8, 4) is 0 Å². The van der Waals surface area contributed by atoms with E-state index in [2.05, 4.69) is 62.1 Å². The lowest BCUT2D eigenvalue weighted by Gasteiger charge is -2.43. The number of rotatable bonds is 5. The minimum atomic E-state index is -1.81. The van der Waals surface area contributed by atoms with Gasteiger partial charge in [-0.3, -0.25) is 4.79 Å². The Bertz CT molecular complexity index is 1220. The van der Waals surface area contributed by atoms with Gasteiger partial charge in [-0.25, -0.2) is 4.79 Å². The molecule has 10 heteroatoms. The Labute approximate surface area is 238 Å². The number of urea groups is 1. The predicted molar refractivity (Wildman–Crippen MR) is 157 cm³/mol. The molecular formula is C29H43ClN4O4Si. The van der Waals surface area contributed by atoms with Crippen LogP contribution in [0.3, 0.4) is 0 Å². The van der Waals surface area contributed by atoms with Crippen molar-refractivity contribution >= 4 is 42.8 Å². The maximum atomic E-state index is 13.3. The first kappa shape index (κ1) is 28.5. The second kappa shape index (κ2) is 11.1. The van der Waals surface area contributed by atoms with Crippen molar-refractivity contribution in [2.45, 2.75) is 82.8 Å². The largest absolute Gasteiger partial charge is 0.415 e. The standard InChI is InChI=1S/C29H43ClN4O4Si/c1-29(2,3)39(4,5)38-15-14-33-17-23(22-16-21(30)6-7-25(22)33)20-8-11-32(12-9-20)28(36)34-13-10-26-24(18-34)31-27(35)19-37-26/h6-7,16-17,20,24,26H,8-15,18-19H2,1-5H3,(H,31,35)/t24-,26+/m1/s1. The Balaban J connectivity index is 1.23. The molecule has 3 aliphatic rings. The fourth-order valence-corrected chi connectivity index (χ4v) is 7.08. The Morgan fingerprint density at radius 2 is 1.87 bits per heavy atom. The minimum Gasteiger partial charge on any atom is -0.415 e. The summed E-state index contributed by atoms with van der Waals surface area (Å²) in [5, 5.41) is 5.12. The predicted octanol–water partition coefficient (Wildman–Crippen LogP) is 5.21. The van der Waals surface area contributed by atoms with Gasteiger partial charge in [-0.2, -0.15) is 0 Å². The average molecular weight is 575 g/mol. The summed E-state index contributed by atoms with van der Waals surface area (Å²) >= 11 is 6.44. The lowest BCUT2D eigenvalue weighted by atomic mass is 9.89. The van der Waals surface area contributed by atoms with Gasteiger partial charge in [-0.05, 0) is 67.1 Å². The number of carbonyl (C=O) groups is 2. The topological polar surface area (TPSA) is 76.0 Å². The number of carbonyl (C=O) groups excluding carboxylic acids is 2. The number of hydrogen-bond donors (Lipinski definition) is 1. The molecule has 2 aromatic rings. The number of nitrogens with one attached hydrogen (secondary N) is 1. The monoisotopic (exact) mass is 574 g/mol. The highest BCUT2D eigenvalue weighted by Crippen LogP contribution is 2.38. The normalized spacial score (nSPS) is 23.2. The van der Waals surface area contributed by atoms with Crippen molar-refractivity contribution in [3.05, 3.63) is 35.0 Å². The van der Waals surface area contributed by atoms with Crippen LogP contribution in [0.2, 0.25) is 23.2 Å². The second-order valence-electron chi connectivity index (χ2n) is 12.9. The summed E-state index contributed by atoms with van der Waals surface area (Å²) in [5.41, 5.74) is 2.50. The molecule has 1 aromatic carbocycles. The molecule has 3 aliphatic heterocycles. The number of hydrogen-bond acceptors (Lipinski definition) is 4. The number of ether oxygens (including phenoxy) is 1. The van der Waals surface area contributed by atoms with Crippen molar-refractivity contribution in [1.29, 1.82) is 0 Å². The molecule has 1 N–H and O–H groups in total. The van der Waals surface area contributed by atoms with Crippen LogP contribution in [0.4, 0.5) is 4.79 Å². The molecule has 3 fully saturated rings. The Hall–Kier alpha value is -2.07. The summed E-state index contributed by atoms with van der Waals surface area (Å²) in [6.45, 7) is 15.6.